The summed E-state index contributed by atoms with van der Waals surface area (Å²) in [6.45, 7) is 3.70. The van der Waals surface area contributed by atoms with E-state index in [1.54, 1.807) is 6.07 Å². The quantitative estimate of drug-likeness (QED) is 0.730. The number of benzene rings is 1. The first kappa shape index (κ1) is 11.5. The molecule has 1 aromatic carbocycles. The van der Waals surface area contributed by atoms with Crippen LogP contribution in [0.15, 0.2) is 18.2 Å². The predicted molar refractivity (Wildman–Crippen MR) is 58.0 cm³/mol. The lowest BCUT2D eigenvalue weighted by Gasteiger charge is -2.10. The number of ether oxygens (including phenoxy) is 1. The Kier molecular flexibility index (Phi) is 2.75. The van der Waals surface area contributed by atoms with E-state index >= 15 is 0 Å². The van der Waals surface area contributed by atoms with Gasteiger partial charge >= 0.3 is 6.36 Å². The second kappa shape index (κ2) is 3.82. The highest BCUT2D eigenvalue weighted by Gasteiger charge is 2.32. The van der Waals surface area contributed by atoms with Gasteiger partial charge in [0, 0.05) is 15.0 Å². The molecule has 0 aliphatic rings. The summed E-state index contributed by atoms with van der Waals surface area (Å²) in [7, 11) is 0. The lowest BCUT2D eigenvalue weighted by atomic mass is 10.2. The summed E-state index contributed by atoms with van der Waals surface area (Å²) < 4.78 is 40.7. The number of rotatable bonds is 1. The van der Waals surface area contributed by atoms with Crippen molar-refractivity contribution in [2.45, 2.75) is 6.36 Å². The molecule has 0 aliphatic heterocycles. The van der Waals surface area contributed by atoms with Crippen LogP contribution in [-0.4, -0.2) is 6.36 Å². The van der Waals surface area contributed by atoms with E-state index < -0.39 is 6.36 Å². The zero-order chi connectivity index (χ0) is 11.9. The molecule has 2 aromatic rings. The molecular weight excluding hydrogens is 261 g/mol. The van der Waals surface area contributed by atoms with Gasteiger partial charge in [-0.25, -0.2) is 0 Å². The first-order valence-corrected chi connectivity index (χ1v) is 5.36. The van der Waals surface area contributed by atoms with Crippen LogP contribution in [0, 0.1) is 6.92 Å². The number of fused-ring (bicyclic) bond motifs is 1. The van der Waals surface area contributed by atoms with Gasteiger partial charge in [-0.15, -0.1) is 24.5 Å². The Morgan fingerprint density at radius 2 is 2.00 bits per heavy atom. The Balaban J connectivity index is 2.52. The Morgan fingerprint density at radius 3 is 2.62 bits per heavy atom. The van der Waals surface area contributed by atoms with E-state index in [1.807, 2.05) is 0 Å². The second-order valence-corrected chi connectivity index (χ2v) is 4.60. The average molecular weight is 266 g/mol. The molecule has 1 heterocycles. The van der Waals surface area contributed by atoms with Gasteiger partial charge in [0.05, 0.1) is 5.02 Å². The van der Waals surface area contributed by atoms with Gasteiger partial charge in [-0.1, -0.05) is 11.6 Å². The van der Waals surface area contributed by atoms with Crippen LogP contribution in [0.5, 0.6) is 5.75 Å². The Bertz CT molecular complexity index is 533. The Labute approximate surface area is 98.4 Å². The fourth-order valence-corrected chi connectivity index (χ4v) is 2.49. The molecule has 0 aliphatic carbocycles. The second-order valence-electron chi connectivity index (χ2n) is 3.05. The molecule has 0 unspecified atom stereocenters. The smallest absolute Gasteiger partial charge is 0.404 e. The third kappa shape index (κ3) is 2.25. The molecule has 2 rings (SSSR count). The average Bonchev–Trinajstić information content (AvgIpc) is 2.50. The molecule has 16 heavy (non-hydrogen) atoms. The van der Waals surface area contributed by atoms with E-state index in [0.717, 1.165) is 9.58 Å². The molecule has 0 bridgehead atoms. The van der Waals surface area contributed by atoms with Crippen molar-refractivity contribution in [2.75, 3.05) is 0 Å². The zero-order valence-electron chi connectivity index (χ0n) is 7.77. The lowest BCUT2D eigenvalue weighted by molar-refractivity contribution is -0.274. The van der Waals surface area contributed by atoms with Gasteiger partial charge in [0.15, 0.2) is 0 Å². The molecule has 0 fully saturated rings. The summed E-state index contributed by atoms with van der Waals surface area (Å²) in [6.07, 6.45) is -4.74. The molecule has 0 atom stereocenters. The minimum Gasteiger partial charge on any atom is -0.404 e. The van der Waals surface area contributed by atoms with Crippen molar-refractivity contribution in [2.24, 2.45) is 0 Å². The number of thiophene rings is 1. The van der Waals surface area contributed by atoms with E-state index in [-0.39, 0.29) is 10.8 Å². The Hall–Kier alpha value is -0.940. The molecule has 0 saturated heterocycles. The van der Waals surface area contributed by atoms with Gasteiger partial charge in [0.1, 0.15) is 5.75 Å². The van der Waals surface area contributed by atoms with Gasteiger partial charge < -0.3 is 4.74 Å². The van der Waals surface area contributed by atoms with E-state index in [9.17, 15) is 13.2 Å². The minimum absolute atomic E-state index is 0.0408. The zero-order valence-corrected chi connectivity index (χ0v) is 9.34. The molecule has 1 radical (unpaired) electrons. The van der Waals surface area contributed by atoms with Gasteiger partial charge in [-0.3, -0.25) is 0 Å². The molecule has 0 amide bonds. The van der Waals surface area contributed by atoms with Crippen molar-refractivity contribution in [3.8, 4) is 5.75 Å². The normalized spacial score (nSPS) is 12.1. The van der Waals surface area contributed by atoms with Gasteiger partial charge in [-0.05, 0) is 25.1 Å². The summed E-state index contributed by atoms with van der Waals surface area (Å²) >= 11 is 7.18. The largest absolute Gasteiger partial charge is 0.573 e. The van der Waals surface area contributed by atoms with Crippen molar-refractivity contribution in [3.63, 3.8) is 0 Å². The SMILES string of the molecule is [CH2]c1cc2c(Cl)c(OC(F)(F)F)ccc2s1. The molecule has 0 N–H and O–H groups in total. The standard InChI is InChI=1S/C10H5ClF3OS/c1-5-4-6-8(16-5)3-2-7(9(6)11)15-10(12,13)14/h2-4H,1H2. The van der Waals surface area contributed by atoms with Crippen LogP contribution in [0.25, 0.3) is 10.1 Å². The van der Waals surface area contributed by atoms with Crippen molar-refractivity contribution < 1.29 is 17.9 Å². The molecule has 1 aromatic heterocycles. The van der Waals surface area contributed by atoms with Crippen LogP contribution < -0.4 is 4.74 Å². The molecule has 0 saturated carbocycles. The van der Waals surface area contributed by atoms with Crippen molar-refractivity contribution in [1.29, 1.82) is 0 Å². The molecule has 85 valence electrons. The first-order chi connectivity index (χ1) is 7.37. The topological polar surface area (TPSA) is 9.23 Å². The number of alkyl halides is 3. The predicted octanol–water partition coefficient (Wildman–Crippen LogP) is 4.64. The molecule has 0 spiro atoms. The van der Waals surface area contributed by atoms with Crippen LogP contribution in [0.3, 0.4) is 0 Å². The van der Waals surface area contributed by atoms with Crippen LogP contribution in [0.1, 0.15) is 4.88 Å². The van der Waals surface area contributed by atoms with Crippen molar-refractivity contribution in [1.82, 2.24) is 0 Å². The minimum atomic E-state index is -4.74. The highest BCUT2D eigenvalue weighted by molar-refractivity contribution is 7.19. The summed E-state index contributed by atoms with van der Waals surface area (Å²) in [4.78, 5) is 0.737. The van der Waals surface area contributed by atoms with Crippen LogP contribution in [0.2, 0.25) is 5.02 Å². The molecule has 1 nitrogen and oxygen atoms in total. The third-order valence-electron chi connectivity index (χ3n) is 1.88. The van der Waals surface area contributed by atoms with Crippen molar-refractivity contribution in [3.05, 3.63) is 35.0 Å². The molecular formula is C10H5ClF3OS. The van der Waals surface area contributed by atoms with E-state index in [1.165, 1.54) is 23.5 Å². The fraction of sp³-hybridized carbons (Fsp3) is 0.100. The Morgan fingerprint density at radius 1 is 1.31 bits per heavy atom. The van der Waals surface area contributed by atoms with Crippen LogP contribution in [0.4, 0.5) is 13.2 Å². The summed E-state index contributed by atoms with van der Waals surface area (Å²) in [6, 6.07) is 4.36. The molecule has 6 heteroatoms. The fourth-order valence-electron chi connectivity index (χ4n) is 1.31. The van der Waals surface area contributed by atoms with Gasteiger partial charge in [-0.2, -0.15) is 0 Å². The third-order valence-corrected chi connectivity index (χ3v) is 3.22. The first-order valence-electron chi connectivity index (χ1n) is 4.16. The number of hydrogen-bond acceptors (Lipinski definition) is 2. The van der Waals surface area contributed by atoms with E-state index in [4.69, 9.17) is 11.6 Å². The van der Waals surface area contributed by atoms with E-state index in [0.29, 0.717) is 5.39 Å². The van der Waals surface area contributed by atoms with Gasteiger partial charge in [0.2, 0.25) is 0 Å². The number of halogens is 4. The summed E-state index contributed by atoms with van der Waals surface area (Å²) in [5, 5.41) is 0.486. The maximum Gasteiger partial charge on any atom is 0.573 e. The van der Waals surface area contributed by atoms with E-state index in [2.05, 4.69) is 11.7 Å². The number of hydrogen-bond donors (Lipinski definition) is 0. The van der Waals surface area contributed by atoms with Crippen molar-refractivity contribution >= 4 is 33.0 Å². The van der Waals surface area contributed by atoms with Gasteiger partial charge in [0.25, 0.3) is 0 Å². The summed E-state index contributed by atoms with van der Waals surface area (Å²) in [5.41, 5.74) is 0. The highest BCUT2D eigenvalue weighted by Crippen LogP contribution is 2.38. The van der Waals surface area contributed by atoms with Crippen LogP contribution >= 0.6 is 22.9 Å². The lowest BCUT2D eigenvalue weighted by Crippen LogP contribution is -2.17. The highest BCUT2D eigenvalue weighted by atomic mass is 35.5. The monoisotopic (exact) mass is 265 g/mol. The maximum atomic E-state index is 12.0. The summed E-state index contributed by atoms with van der Waals surface area (Å²) in [5.74, 6) is -0.389. The maximum absolute atomic E-state index is 12.0. The van der Waals surface area contributed by atoms with Crippen LogP contribution in [-0.2, 0) is 0 Å².